The number of nitro groups is 1. The minimum atomic E-state index is -0.771. The van der Waals surface area contributed by atoms with Crippen LogP contribution in [0.5, 0.6) is 11.5 Å². The lowest BCUT2D eigenvalue weighted by molar-refractivity contribution is -0.384. The molecule has 6 rings (SSSR count). The summed E-state index contributed by atoms with van der Waals surface area (Å²) in [6.45, 7) is 4.35. The molecule has 10 nitrogen and oxygen atoms in total. The first kappa shape index (κ1) is 34.4. The lowest BCUT2D eigenvalue weighted by atomic mass is 9.93. The lowest BCUT2D eigenvalue weighted by Gasteiger charge is -2.26. The fraction of sp³-hybridized carbons (Fsp3) is 0.184. The minimum Gasteiger partial charge on any atom is -0.490 e. The largest absolute Gasteiger partial charge is 0.490 e. The number of thiazole rings is 1. The molecule has 4 aromatic carbocycles. The zero-order valence-electron chi connectivity index (χ0n) is 27.5. The first-order chi connectivity index (χ1) is 24.3. The smallest absolute Gasteiger partial charge is 0.338 e. The number of carbonyl (C=O) groups is 1. The van der Waals surface area contributed by atoms with Crippen LogP contribution in [0.25, 0.3) is 11.8 Å². The van der Waals surface area contributed by atoms with Crippen molar-refractivity contribution in [3.05, 3.63) is 155 Å². The van der Waals surface area contributed by atoms with Crippen LogP contribution in [-0.4, -0.2) is 34.9 Å². The van der Waals surface area contributed by atoms with Gasteiger partial charge in [-0.15, -0.1) is 11.8 Å². The first-order valence-electron chi connectivity index (χ1n) is 15.9. The van der Waals surface area contributed by atoms with Gasteiger partial charge in [-0.25, -0.2) is 9.79 Å². The molecule has 12 heteroatoms. The van der Waals surface area contributed by atoms with Gasteiger partial charge in [0.05, 0.1) is 40.0 Å². The Balaban J connectivity index is 1.44. The molecule has 0 aliphatic carbocycles. The van der Waals surface area contributed by atoms with E-state index in [1.807, 2.05) is 73.8 Å². The Kier molecular flexibility index (Phi) is 10.6. The molecule has 5 aromatic rings. The number of rotatable bonds is 12. The number of hydrogen-bond acceptors (Lipinski definition) is 10. The Morgan fingerprint density at radius 1 is 0.960 bits per heavy atom. The van der Waals surface area contributed by atoms with Crippen LogP contribution in [0.1, 0.15) is 42.1 Å². The molecule has 0 spiro atoms. The molecule has 0 N–H and O–H groups in total. The van der Waals surface area contributed by atoms with Crippen molar-refractivity contribution in [3.8, 4) is 11.5 Å². The van der Waals surface area contributed by atoms with Crippen molar-refractivity contribution in [1.29, 1.82) is 0 Å². The average molecular weight is 708 g/mol. The first-order valence-corrected chi connectivity index (χ1v) is 17.9. The van der Waals surface area contributed by atoms with Gasteiger partial charge in [0.2, 0.25) is 0 Å². The van der Waals surface area contributed by atoms with E-state index < -0.39 is 16.9 Å². The summed E-state index contributed by atoms with van der Waals surface area (Å²) < 4.78 is 19.5. The number of aromatic nitrogens is 1. The quantitative estimate of drug-likeness (QED) is 0.0620. The monoisotopic (exact) mass is 707 g/mol. The lowest BCUT2D eigenvalue weighted by Crippen LogP contribution is -2.40. The summed E-state index contributed by atoms with van der Waals surface area (Å²) >= 11 is 2.84. The minimum absolute atomic E-state index is 0.00612. The highest BCUT2D eigenvalue weighted by Gasteiger charge is 2.35. The molecule has 0 fully saturated rings. The highest BCUT2D eigenvalue weighted by molar-refractivity contribution is 7.98. The SMILES string of the molecule is CCOC(=O)C1=C(c2ccccc2)N=c2s/c(=C\c3ccc(OCc4ccc([N+](=O)[O-])cc4)c(OCC)c3)c(=O)n2[C@H]1c1ccc(SC)cc1. The number of ether oxygens (including phenoxy) is 3. The number of non-ortho nitro benzene ring substituents is 1. The molecule has 0 amide bonds. The van der Waals surface area contributed by atoms with Crippen LogP contribution in [0.3, 0.4) is 0 Å². The number of esters is 1. The molecule has 254 valence electrons. The second-order valence-corrected chi connectivity index (χ2v) is 12.9. The van der Waals surface area contributed by atoms with E-state index in [9.17, 15) is 19.7 Å². The Morgan fingerprint density at radius 2 is 1.70 bits per heavy atom. The van der Waals surface area contributed by atoms with Gasteiger partial charge in [-0.2, -0.15) is 0 Å². The van der Waals surface area contributed by atoms with Gasteiger partial charge < -0.3 is 14.2 Å². The molecule has 1 aliphatic heterocycles. The van der Waals surface area contributed by atoms with E-state index in [1.54, 1.807) is 53.6 Å². The predicted octanol–water partition coefficient (Wildman–Crippen LogP) is 6.54. The third-order valence-electron chi connectivity index (χ3n) is 7.91. The number of nitrogens with zero attached hydrogens (tertiary/aromatic N) is 3. The van der Waals surface area contributed by atoms with Gasteiger partial charge in [0, 0.05) is 22.6 Å². The van der Waals surface area contributed by atoms with Crippen LogP contribution in [-0.2, 0) is 16.1 Å². The van der Waals surface area contributed by atoms with E-state index in [-0.39, 0.29) is 24.5 Å². The highest BCUT2D eigenvalue weighted by atomic mass is 32.2. The number of hydrogen-bond donors (Lipinski definition) is 0. The molecule has 0 radical (unpaired) electrons. The van der Waals surface area contributed by atoms with Gasteiger partial charge in [0.15, 0.2) is 16.3 Å². The summed E-state index contributed by atoms with van der Waals surface area (Å²) in [7, 11) is 0. The van der Waals surface area contributed by atoms with Crippen molar-refractivity contribution in [2.45, 2.75) is 31.4 Å². The summed E-state index contributed by atoms with van der Waals surface area (Å²) in [6, 6.07) is 28.0. The summed E-state index contributed by atoms with van der Waals surface area (Å²) in [6.07, 6.45) is 3.76. The van der Waals surface area contributed by atoms with Crippen LogP contribution in [0.2, 0.25) is 0 Å². The second kappa shape index (κ2) is 15.4. The van der Waals surface area contributed by atoms with E-state index in [2.05, 4.69) is 0 Å². The maximum Gasteiger partial charge on any atom is 0.338 e. The highest BCUT2D eigenvalue weighted by Crippen LogP contribution is 2.36. The van der Waals surface area contributed by atoms with Crippen LogP contribution < -0.4 is 24.4 Å². The van der Waals surface area contributed by atoms with Crippen LogP contribution in [0.4, 0.5) is 5.69 Å². The molecule has 0 saturated carbocycles. The van der Waals surface area contributed by atoms with Crippen molar-refractivity contribution in [2.75, 3.05) is 19.5 Å². The van der Waals surface area contributed by atoms with Gasteiger partial charge in [-0.3, -0.25) is 19.5 Å². The molecule has 1 aromatic heterocycles. The van der Waals surface area contributed by atoms with Gasteiger partial charge in [0.1, 0.15) is 6.61 Å². The van der Waals surface area contributed by atoms with Crippen LogP contribution in [0, 0.1) is 10.1 Å². The van der Waals surface area contributed by atoms with Crippen LogP contribution in [0.15, 0.2) is 117 Å². The molecular weight excluding hydrogens is 675 g/mol. The Labute approximate surface area is 296 Å². The van der Waals surface area contributed by atoms with E-state index >= 15 is 0 Å². The predicted molar refractivity (Wildman–Crippen MR) is 194 cm³/mol. The van der Waals surface area contributed by atoms with E-state index in [0.29, 0.717) is 44.3 Å². The van der Waals surface area contributed by atoms with Gasteiger partial charge >= 0.3 is 5.97 Å². The Morgan fingerprint density at radius 3 is 2.36 bits per heavy atom. The molecular formula is C38H33N3O7S2. The Hall–Kier alpha value is -5.46. The summed E-state index contributed by atoms with van der Waals surface area (Å²) in [5.74, 6) is 0.441. The van der Waals surface area contributed by atoms with Gasteiger partial charge in [-0.05, 0) is 79.3 Å². The topological polar surface area (TPSA) is 122 Å². The third-order valence-corrected chi connectivity index (χ3v) is 9.64. The molecule has 2 heterocycles. The van der Waals surface area contributed by atoms with Crippen molar-refractivity contribution in [1.82, 2.24) is 4.57 Å². The number of fused-ring (bicyclic) bond motifs is 1. The van der Waals surface area contributed by atoms with E-state index in [1.165, 1.54) is 23.5 Å². The molecule has 0 unspecified atom stereocenters. The molecule has 0 bridgehead atoms. The van der Waals surface area contributed by atoms with Crippen molar-refractivity contribution >= 4 is 46.5 Å². The standard InChI is InChI=1S/C38H33N3O7S2/c1-4-46-31-21-25(13-20-30(31)48-23-24-11-16-28(17-12-24)41(44)45)22-32-36(42)40-35(27-14-18-29(49-3)19-15-27)33(37(43)47-5-2)34(39-38(40)50-32)26-9-7-6-8-10-26/h6-22,35H,4-5,23H2,1-3H3/b32-22-/t35-/m0/s1. The number of thioether (sulfide) groups is 1. The van der Waals surface area contributed by atoms with Crippen molar-refractivity contribution in [3.63, 3.8) is 0 Å². The molecule has 1 atom stereocenters. The summed E-state index contributed by atoms with van der Waals surface area (Å²) in [4.78, 5) is 45.0. The van der Waals surface area contributed by atoms with Crippen molar-refractivity contribution < 1.29 is 23.9 Å². The van der Waals surface area contributed by atoms with E-state index in [4.69, 9.17) is 19.2 Å². The van der Waals surface area contributed by atoms with Gasteiger partial charge in [-0.1, -0.05) is 59.9 Å². The summed E-state index contributed by atoms with van der Waals surface area (Å²) in [5, 5.41) is 11.0. The molecule has 1 aliphatic rings. The van der Waals surface area contributed by atoms with Crippen LogP contribution >= 0.6 is 23.1 Å². The zero-order chi connectivity index (χ0) is 35.2. The Bertz CT molecular complexity index is 2250. The third kappa shape index (κ3) is 7.26. The number of nitro benzene ring substituents is 1. The molecule has 0 saturated heterocycles. The maximum atomic E-state index is 14.3. The van der Waals surface area contributed by atoms with E-state index in [0.717, 1.165) is 21.6 Å². The summed E-state index contributed by atoms with van der Waals surface area (Å²) in [5.41, 5.74) is 3.43. The normalized spacial score (nSPS) is 14.1. The molecule has 50 heavy (non-hydrogen) atoms. The second-order valence-electron chi connectivity index (χ2n) is 11.1. The number of carbonyl (C=O) groups excluding carboxylic acids is 1. The zero-order valence-corrected chi connectivity index (χ0v) is 29.2. The van der Waals surface area contributed by atoms with Crippen molar-refractivity contribution in [2.24, 2.45) is 4.99 Å². The fourth-order valence-electron chi connectivity index (χ4n) is 5.57. The fourth-order valence-corrected chi connectivity index (χ4v) is 6.98. The average Bonchev–Trinajstić information content (AvgIpc) is 3.45. The number of benzene rings is 4. The van der Waals surface area contributed by atoms with Gasteiger partial charge in [0.25, 0.3) is 11.2 Å². The maximum absolute atomic E-state index is 14.3.